The second-order valence-corrected chi connectivity index (χ2v) is 3.87. The third kappa shape index (κ3) is 1.24. The molecule has 6 heteroatoms. The predicted molar refractivity (Wildman–Crippen MR) is 55.8 cm³/mol. The van der Waals surface area contributed by atoms with Gasteiger partial charge >= 0.3 is 0 Å². The Morgan fingerprint density at radius 3 is 3.00 bits per heavy atom. The van der Waals surface area contributed by atoms with Crippen molar-refractivity contribution in [3.8, 4) is 0 Å². The molecule has 0 amide bonds. The second kappa shape index (κ2) is 3.33. The molecule has 0 fully saturated rings. The van der Waals surface area contributed by atoms with Crippen LogP contribution >= 0.6 is 27.5 Å². The molecule has 2 aromatic rings. The minimum absolute atomic E-state index is 0.283. The van der Waals surface area contributed by atoms with Crippen LogP contribution in [0.3, 0.4) is 0 Å². The number of fused-ring (bicyclic) bond motifs is 1. The van der Waals surface area contributed by atoms with Crippen LogP contribution in [-0.2, 0) is 0 Å². The Balaban J connectivity index is 2.97. The lowest BCUT2D eigenvalue weighted by Gasteiger charge is -2.02. The summed E-state index contributed by atoms with van der Waals surface area (Å²) in [7, 11) is 0. The normalized spacial score (nSPS) is 10.8. The fourth-order valence-electron chi connectivity index (χ4n) is 1.20. The molecule has 0 atom stereocenters. The summed E-state index contributed by atoms with van der Waals surface area (Å²) < 4.78 is 2.25. The first-order valence-corrected chi connectivity index (χ1v) is 4.96. The van der Waals surface area contributed by atoms with Crippen LogP contribution in [0.4, 0.5) is 0 Å². The molecule has 2 rings (SSSR count). The molecule has 14 heavy (non-hydrogen) atoms. The largest absolute Gasteiger partial charge is 0.298 e. The molecular weight excluding hydrogens is 269 g/mol. The van der Waals surface area contributed by atoms with Crippen LogP contribution in [0.15, 0.2) is 10.8 Å². The van der Waals surface area contributed by atoms with Crippen molar-refractivity contribution in [2.24, 2.45) is 0 Å². The van der Waals surface area contributed by atoms with E-state index in [2.05, 4.69) is 26.0 Å². The first-order chi connectivity index (χ1) is 6.65. The molecule has 0 radical (unpaired) electrons. The van der Waals surface area contributed by atoms with Crippen LogP contribution in [0, 0.1) is 6.92 Å². The van der Waals surface area contributed by atoms with E-state index in [9.17, 15) is 4.79 Å². The first-order valence-electron chi connectivity index (χ1n) is 3.79. The van der Waals surface area contributed by atoms with E-state index in [1.54, 1.807) is 11.4 Å². The number of carbonyl (C=O) groups is 1. The maximum Gasteiger partial charge on any atom is 0.155 e. The molecule has 0 aromatic carbocycles. The van der Waals surface area contributed by atoms with Gasteiger partial charge in [-0.3, -0.25) is 4.79 Å². The number of aromatic nitrogens is 3. The Kier molecular flexibility index (Phi) is 2.28. The van der Waals surface area contributed by atoms with Crippen molar-refractivity contribution < 1.29 is 4.79 Å². The Labute approximate surface area is 93.0 Å². The van der Waals surface area contributed by atoms with Crippen LogP contribution in [0.1, 0.15) is 16.1 Å². The number of aryl methyl sites for hydroxylation is 1. The SMILES string of the molecule is Cc1nc(Cl)c2c(C=O)cnn2c1Br. The zero-order chi connectivity index (χ0) is 10.3. The first kappa shape index (κ1) is 9.61. The van der Waals surface area contributed by atoms with Crippen molar-refractivity contribution >= 4 is 39.3 Å². The number of hydrogen-bond donors (Lipinski definition) is 0. The van der Waals surface area contributed by atoms with Gasteiger partial charge in [0.05, 0.1) is 17.5 Å². The maximum atomic E-state index is 10.7. The van der Waals surface area contributed by atoms with E-state index < -0.39 is 0 Å². The highest BCUT2D eigenvalue weighted by molar-refractivity contribution is 9.10. The topological polar surface area (TPSA) is 47.3 Å². The van der Waals surface area contributed by atoms with Gasteiger partial charge in [0.15, 0.2) is 11.4 Å². The summed E-state index contributed by atoms with van der Waals surface area (Å²) in [4.78, 5) is 14.8. The summed E-state index contributed by atoms with van der Waals surface area (Å²) in [5, 5.41) is 4.31. The fraction of sp³-hybridized carbons (Fsp3) is 0.125. The average molecular weight is 275 g/mol. The quantitative estimate of drug-likeness (QED) is 0.750. The molecule has 0 aliphatic heterocycles. The summed E-state index contributed by atoms with van der Waals surface area (Å²) in [5.41, 5.74) is 1.69. The summed E-state index contributed by atoms with van der Waals surface area (Å²) in [5.74, 6) is 0. The van der Waals surface area contributed by atoms with Gasteiger partial charge in [0.1, 0.15) is 10.1 Å². The van der Waals surface area contributed by atoms with Gasteiger partial charge in [0.25, 0.3) is 0 Å². The van der Waals surface area contributed by atoms with Crippen molar-refractivity contribution in [3.05, 3.63) is 27.2 Å². The van der Waals surface area contributed by atoms with E-state index in [1.807, 2.05) is 0 Å². The monoisotopic (exact) mass is 273 g/mol. The van der Waals surface area contributed by atoms with Crippen LogP contribution in [0.5, 0.6) is 0 Å². The third-order valence-corrected chi connectivity index (χ3v) is 3.04. The molecular formula is C8H5BrClN3O. The molecule has 0 unspecified atom stereocenters. The van der Waals surface area contributed by atoms with Crippen LogP contribution in [0.25, 0.3) is 5.52 Å². The number of rotatable bonds is 1. The average Bonchev–Trinajstić information content (AvgIpc) is 2.58. The number of nitrogens with zero attached hydrogens (tertiary/aromatic N) is 3. The lowest BCUT2D eigenvalue weighted by molar-refractivity contribution is 0.112. The molecule has 0 N–H and O–H groups in total. The van der Waals surface area contributed by atoms with E-state index in [-0.39, 0.29) is 5.15 Å². The molecule has 4 nitrogen and oxygen atoms in total. The zero-order valence-corrected chi connectivity index (χ0v) is 9.50. The van der Waals surface area contributed by atoms with E-state index in [0.29, 0.717) is 22.0 Å². The number of aldehydes is 1. The van der Waals surface area contributed by atoms with E-state index in [0.717, 1.165) is 5.69 Å². The number of halogens is 2. The Morgan fingerprint density at radius 2 is 2.36 bits per heavy atom. The van der Waals surface area contributed by atoms with Gasteiger partial charge in [-0.05, 0) is 22.9 Å². The number of carbonyl (C=O) groups excluding carboxylic acids is 1. The van der Waals surface area contributed by atoms with E-state index in [1.165, 1.54) is 6.20 Å². The minimum Gasteiger partial charge on any atom is -0.298 e. The molecule has 0 spiro atoms. The number of hydrogen-bond acceptors (Lipinski definition) is 3. The molecule has 0 saturated heterocycles. The van der Waals surface area contributed by atoms with Gasteiger partial charge in [0, 0.05) is 0 Å². The molecule has 0 aliphatic carbocycles. The van der Waals surface area contributed by atoms with Gasteiger partial charge in [-0.1, -0.05) is 11.6 Å². The molecule has 2 heterocycles. The van der Waals surface area contributed by atoms with Crippen LogP contribution in [0.2, 0.25) is 5.15 Å². The molecule has 0 bridgehead atoms. The van der Waals surface area contributed by atoms with Crippen LogP contribution < -0.4 is 0 Å². The lowest BCUT2D eigenvalue weighted by Crippen LogP contribution is -1.97. The van der Waals surface area contributed by atoms with Crippen molar-refractivity contribution in [1.29, 1.82) is 0 Å². The highest BCUT2D eigenvalue weighted by Gasteiger charge is 2.12. The van der Waals surface area contributed by atoms with Gasteiger partial charge in [-0.2, -0.15) is 5.10 Å². The van der Waals surface area contributed by atoms with Gasteiger partial charge < -0.3 is 0 Å². The molecule has 0 aliphatic rings. The smallest absolute Gasteiger partial charge is 0.155 e. The standard InChI is InChI=1S/C8H5BrClN3O/c1-4-7(9)13-6(8(10)12-4)5(3-14)2-11-13/h2-3H,1H3. The maximum absolute atomic E-state index is 10.7. The second-order valence-electron chi connectivity index (χ2n) is 2.76. The van der Waals surface area contributed by atoms with E-state index >= 15 is 0 Å². The highest BCUT2D eigenvalue weighted by atomic mass is 79.9. The summed E-state index contributed by atoms with van der Waals surface area (Å²) in [6.45, 7) is 1.80. The Bertz CT molecular complexity index is 523. The van der Waals surface area contributed by atoms with Gasteiger partial charge in [0.2, 0.25) is 0 Å². The van der Waals surface area contributed by atoms with Crippen molar-refractivity contribution in [3.63, 3.8) is 0 Å². The van der Waals surface area contributed by atoms with Crippen molar-refractivity contribution in [2.75, 3.05) is 0 Å². The van der Waals surface area contributed by atoms with Crippen molar-refractivity contribution in [2.45, 2.75) is 6.92 Å². The summed E-state index contributed by atoms with van der Waals surface area (Å²) in [6, 6.07) is 0. The Morgan fingerprint density at radius 1 is 1.64 bits per heavy atom. The fourth-order valence-corrected chi connectivity index (χ4v) is 1.88. The molecule has 72 valence electrons. The minimum atomic E-state index is 0.283. The molecule has 0 saturated carbocycles. The van der Waals surface area contributed by atoms with Gasteiger partial charge in [-0.15, -0.1) is 0 Å². The lowest BCUT2D eigenvalue weighted by atomic mass is 10.3. The summed E-state index contributed by atoms with van der Waals surface area (Å²) >= 11 is 9.23. The van der Waals surface area contributed by atoms with Crippen LogP contribution in [-0.4, -0.2) is 20.9 Å². The van der Waals surface area contributed by atoms with E-state index in [4.69, 9.17) is 11.6 Å². The van der Waals surface area contributed by atoms with Gasteiger partial charge in [-0.25, -0.2) is 9.50 Å². The predicted octanol–water partition coefficient (Wildman–Crippen LogP) is 2.27. The molecule has 2 aromatic heterocycles. The third-order valence-electron chi connectivity index (χ3n) is 1.87. The van der Waals surface area contributed by atoms with Crippen molar-refractivity contribution in [1.82, 2.24) is 14.6 Å². The summed E-state index contributed by atoms with van der Waals surface area (Å²) in [6.07, 6.45) is 2.16. The zero-order valence-electron chi connectivity index (χ0n) is 7.16. The highest BCUT2D eigenvalue weighted by Crippen LogP contribution is 2.24. The Hall–Kier alpha value is -0.940.